The van der Waals surface area contributed by atoms with Gasteiger partial charge in [-0.05, 0) is 48.4 Å². The number of rotatable bonds is 7. The molecule has 0 radical (unpaired) electrons. The van der Waals surface area contributed by atoms with Crippen molar-refractivity contribution < 1.29 is 14.3 Å². The molecule has 1 amide bonds. The van der Waals surface area contributed by atoms with Crippen LogP contribution in [0.5, 0.6) is 11.5 Å². The predicted octanol–water partition coefficient (Wildman–Crippen LogP) is 4.62. The van der Waals surface area contributed by atoms with E-state index in [4.69, 9.17) is 32.7 Å². The van der Waals surface area contributed by atoms with Gasteiger partial charge in [0.2, 0.25) is 0 Å². The number of carbonyl (C=O) groups excluding carboxylic acids is 1. The van der Waals surface area contributed by atoms with E-state index in [1.165, 1.54) is 13.2 Å². The molecule has 27 heavy (non-hydrogen) atoms. The van der Waals surface area contributed by atoms with Crippen LogP contribution in [0.3, 0.4) is 0 Å². The Kier molecular flexibility index (Phi) is 7.54. The van der Waals surface area contributed by atoms with Gasteiger partial charge in [0.1, 0.15) is 18.2 Å². The number of nitriles is 1. The number of halogens is 2. The van der Waals surface area contributed by atoms with E-state index in [0.717, 1.165) is 5.56 Å². The van der Waals surface area contributed by atoms with Gasteiger partial charge in [0.15, 0.2) is 11.5 Å². The summed E-state index contributed by atoms with van der Waals surface area (Å²) in [7, 11) is 1.49. The number of hydrogen-bond acceptors (Lipinski definition) is 4. The zero-order chi connectivity index (χ0) is 19.8. The first kappa shape index (κ1) is 20.6. The molecule has 0 fully saturated rings. The Balaban J connectivity index is 2.27. The van der Waals surface area contributed by atoms with Crippen molar-refractivity contribution in [2.24, 2.45) is 0 Å². The maximum atomic E-state index is 11.9. The van der Waals surface area contributed by atoms with Crippen LogP contribution in [0.4, 0.5) is 0 Å². The van der Waals surface area contributed by atoms with Gasteiger partial charge in [-0.15, -0.1) is 0 Å². The summed E-state index contributed by atoms with van der Waals surface area (Å²) in [4.78, 5) is 11.9. The van der Waals surface area contributed by atoms with Gasteiger partial charge in [0.05, 0.1) is 12.1 Å². The molecule has 0 bridgehead atoms. The number of amides is 1. The Bertz CT molecular complexity index is 887. The van der Waals surface area contributed by atoms with Crippen molar-refractivity contribution in [3.63, 3.8) is 0 Å². The van der Waals surface area contributed by atoms with Crippen LogP contribution in [-0.4, -0.2) is 19.6 Å². The molecule has 140 valence electrons. The highest BCUT2D eigenvalue weighted by Crippen LogP contribution is 2.37. The van der Waals surface area contributed by atoms with E-state index in [-0.39, 0.29) is 12.2 Å². The Morgan fingerprint density at radius 3 is 2.56 bits per heavy atom. The molecule has 1 N–H and O–H groups in total. The van der Waals surface area contributed by atoms with Crippen molar-refractivity contribution in [2.75, 3.05) is 13.7 Å². The molecule has 0 atom stereocenters. The number of carbonyl (C=O) groups is 1. The van der Waals surface area contributed by atoms with Crippen LogP contribution >= 0.6 is 23.2 Å². The van der Waals surface area contributed by atoms with Crippen LogP contribution in [0.2, 0.25) is 10.0 Å². The summed E-state index contributed by atoms with van der Waals surface area (Å²) < 4.78 is 11.1. The van der Waals surface area contributed by atoms with Crippen molar-refractivity contribution in [2.45, 2.75) is 13.5 Å². The second kappa shape index (κ2) is 9.86. The molecule has 0 saturated heterocycles. The lowest BCUT2D eigenvalue weighted by atomic mass is 10.1. The van der Waals surface area contributed by atoms with Crippen molar-refractivity contribution in [1.82, 2.24) is 5.32 Å². The SMILES string of the molecule is CCNC(=O)/C(C#N)=C/c1cc(Cl)c(OCc2ccc(Cl)cc2)c(OC)c1. The molecule has 0 saturated carbocycles. The number of nitrogens with zero attached hydrogens (tertiary/aromatic N) is 1. The summed E-state index contributed by atoms with van der Waals surface area (Å²) in [6, 6.07) is 12.4. The number of likely N-dealkylation sites (N-methyl/N-ethyl adjacent to an activating group) is 1. The number of methoxy groups -OCH3 is 1. The second-order valence-corrected chi connectivity index (χ2v) is 6.32. The molecule has 0 aliphatic carbocycles. The van der Waals surface area contributed by atoms with E-state index in [1.807, 2.05) is 18.2 Å². The Morgan fingerprint density at radius 2 is 1.96 bits per heavy atom. The van der Waals surface area contributed by atoms with Gasteiger partial charge in [0.25, 0.3) is 5.91 Å². The third-order valence-electron chi connectivity index (χ3n) is 3.56. The average molecular weight is 405 g/mol. The number of ether oxygens (including phenoxy) is 2. The topological polar surface area (TPSA) is 71.4 Å². The Hall–Kier alpha value is -2.68. The molecular formula is C20H18Cl2N2O3. The van der Waals surface area contributed by atoms with E-state index in [2.05, 4.69) is 5.32 Å². The van der Waals surface area contributed by atoms with Crippen LogP contribution in [0.1, 0.15) is 18.1 Å². The van der Waals surface area contributed by atoms with Gasteiger partial charge in [-0.1, -0.05) is 35.3 Å². The summed E-state index contributed by atoms with van der Waals surface area (Å²) >= 11 is 12.2. The highest BCUT2D eigenvalue weighted by molar-refractivity contribution is 6.32. The quantitative estimate of drug-likeness (QED) is 0.539. The molecule has 0 aliphatic heterocycles. The molecule has 7 heteroatoms. The molecule has 0 unspecified atom stereocenters. The number of benzene rings is 2. The normalized spacial score (nSPS) is 10.9. The van der Waals surface area contributed by atoms with E-state index in [0.29, 0.717) is 33.7 Å². The van der Waals surface area contributed by atoms with E-state index in [9.17, 15) is 10.1 Å². The lowest BCUT2D eigenvalue weighted by Gasteiger charge is -2.13. The summed E-state index contributed by atoms with van der Waals surface area (Å²) in [5, 5.41) is 12.7. The average Bonchev–Trinajstić information content (AvgIpc) is 2.66. The summed E-state index contributed by atoms with van der Waals surface area (Å²) in [6.45, 7) is 2.49. The smallest absolute Gasteiger partial charge is 0.261 e. The van der Waals surface area contributed by atoms with Crippen molar-refractivity contribution in [1.29, 1.82) is 5.26 Å². The van der Waals surface area contributed by atoms with E-state index < -0.39 is 5.91 Å². The standard InChI is InChI=1S/C20H18Cl2N2O3/c1-3-24-20(25)15(11-23)8-14-9-17(22)19(18(10-14)26-2)27-12-13-4-6-16(21)7-5-13/h4-10H,3,12H2,1-2H3,(H,24,25)/b15-8+. The fraction of sp³-hybridized carbons (Fsp3) is 0.200. The zero-order valence-corrected chi connectivity index (χ0v) is 16.4. The minimum atomic E-state index is -0.446. The molecule has 5 nitrogen and oxygen atoms in total. The summed E-state index contributed by atoms with van der Waals surface area (Å²) in [5.74, 6) is 0.330. The molecule has 0 aliphatic rings. The third kappa shape index (κ3) is 5.65. The van der Waals surface area contributed by atoms with Gasteiger partial charge in [-0.3, -0.25) is 4.79 Å². The maximum Gasteiger partial charge on any atom is 0.261 e. The van der Waals surface area contributed by atoms with Crippen molar-refractivity contribution >= 4 is 35.2 Å². The summed E-state index contributed by atoms with van der Waals surface area (Å²) in [6.07, 6.45) is 1.45. The van der Waals surface area contributed by atoms with Crippen molar-refractivity contribution in [3.8, 4) is 17.6 Å². The van der Waals surface area contributed by atoms with Crippen molar-refractivity contribution in [3.05, 3.63) is 63.1 Å². The van der Waals surface area contributed by atoms with Crippen LogP contribution in [0, 0.1) is 11.3 Å². The maximum absolute atomic E-state index is 11.9. The minimum Gasteiger partial charge on any atom is -0.493 e. The fourth-order valence-electron chi connectivity index (χ4n) is 2.27. The minimum absolute atomic E-state index is 0.0233. The van der Waals surface area contributed by atoms with Gasteiger partial charge in [-0.25, -0.2) is 0 Å². The van der Waals surface area contributed by atoms with E-state index >= 15 is 0 Å². The summed E-state index contributed by atoms with van der Waals surface area (Å²) in [5.41, 5.74) is 1.45. The predicted molar refractivity (Wildman–Crippen MR) is 106 cm³/mol. The molecule has 0 aromatic heterocycles. The second-order valence-electron chi connectivity index (χ2n) is 5.48. The molecule has 2 rings (SSSR count). The largest absolute Gasteiger partial charge is 0.493 e. The number of hydrogen-bond donors (Lipinski definition) is 1. The molecule has 0 spiro atoms. The highest BCUT2D eigenvalue weighted by Gasteiger charge is 2.14. The molecule has 2 aromatic carbocycles. The molecule has 2 aromatic rings. The first-order chi connectivity index (χ1) is 13.0. The highest BCUT2D eigenvalue weighted by atomic mass is 35.5. The third-order valence-corrected chi connectivity index (χ3v) is 4.09. The lowest BCUT2D eigenvalue weighted by molar-refractivity contribution is -0.116. The van der Waals surface area contributed by atoms with Crippen LogP contribution < -0.4 is 14.8 Å². The Morgan fingerprint density at radius 1 is 1.26 bits per heavy atom. The van der Waals surface area contributed by atoms with Crippen LogP contribution in [-0.2, 0) is 11.4 Å². The lowest BCUT2D eigenvalue weighted by Crippen LogP contribution is -2.23. The van der Waals surface area contributed by atoms with Gasteiger partial charge in [0, 0.05) is 11.6 Å². The molecular weight excluding hydrogens is 387 g/mol. The molecule has 0 heterocycles. The monoisotopic (exact) mass is 404 g/mol. The van der Waals surface area contributed by atoms with Gasteiger partial charge >= 0.3 is 0 Å². The fourth-order valence-corrected chi connectivity index (χ4v) is 2.67. The first-order valence-electron chi connectivity index (χ1n) is 8.13. The van der Waals surface area contributed by atoms with Gasteiger partial charge < -0.3 is 14.8 Å². The zero-order valence-electron chi connectivity index (χ0n) is 14.9. The Labute approximate surface area is 168 Å². The van der Waals surface area contributed by atoms with E-state index in [1.54, 1.807) is 31.2 Å². The number of nitrogens with one attached hydrogen (secondary N) is 1. The van der Waals surface area contributed by atoms with Crippen LogP contribution in [0.15, 0.2) is 42.0 Å². The van der Waals surface area contributed by atoms with Crippen LogP contribution in [0.25, 0.3) is 6.08 Å². The van der Waals surface area contributed by atoms with Gasteiger partial charge in [-0.2, -0.15) is 5.26 Å². The first-order valence-corrected chi connectivity index (χ1v) is 8.88.